The van der Waals surface area contributed by atoms with Crippen molar-refractivity contribution in [2.24, 2.45) is 0 Å². The fourth-order valence-corrected chi connectivity index (χ4v) is 4.36. The zero-order valence-corrected chi connectivity index (χ0v) is 14.5. The first-order chi connectivity index (χ1) is 12.4. The number of thiazole rings is 1. The van der Waals surface area contributed by atoms with E-state index in [1.54, 1.807) is 0 Å². The van der Waals surface area contributed by atoms with Gasteiger partial charge in [-0.2, -0.15) is 0 Å². The Labute approximate surface area is 151 Å². The van der Waals surface area contributed by atoms with Gasteiger partial charge in [0.15, 0.2) is 4.80 Å². The lowest BCUT2D eigenvalue weighted by molar-refractivity contribution is -0.274. The molecule has 0 spiro atoms. The third-order valence-corrected chi connectivity index (χ3v) is 5.31. The summed E-state index contributed by atoms with van der Waals surface area (Å²) < 4.78 is 44.6. The highest BCUT2D eigenvalue weighted by Crippen LogP contribution is 2.33. The van der Waals surface area contributed by atoms with Gasteiger partial charge in [0.05, 0.1) is 10.2 Å². The predicted molar refractivity (Wildman–Crippen MR) is 92.9 cm³/mol. The molecule has 26 heavy (non-hydrogen) atoms. The van der Waals surface area contributed by atoms with Crippen LogP contribution in [0.25, 0.3) is 10.2 Å². The van der Waals surface area contributed by atoms with E-state index in [0.717, 1.165) is 23.2 Å². The maximum atomic E-state index is 12.6. The average molecular weight is 379 g/mol. The van der Waals surface area contributed by atoms with Gasteiger partial charge in [-0.15, -0.1) is 13.2 Å². The Morgan fingerprint density at radius 3 is 2.62 bits per heavy atom. The number of hydrogen-bond acceptors (Lipinski definition) is 4. The first kappa shape index (κ1) is 17.1. The molecule has 136 valence electrons. The van der Waals surface area contributed by atoms with Crippen molar-refractivity contribution in [3.8, 4) is 5.75 Å². The summed E-state index contributed by atoms with van der Waals surface area (Å²) in [4.78, 5) is 2.52. The molecule has 2 aromatic carbocycles. The van der Waals surface area contributed by atoms with Gasteiger partial charge in [0, 0.05) is 26.2 Å². The molecule has 8 heteroatoms. The molecule has 0 aliphatic carbocycles. The molecule has 0 radical (unpaired) electrons. The van der Waals surface area contributed by atoms with Crippen molar-refractivity contribution < 1.29 is 17.9 Å². The van der Waals surface area contributed by atoms with Crippen molar-refractivity contribution >= 4 is 21.6 Å². The fraction of sp³-hybridized carbons (Fsp3) is 0.278. The van der Waals surface area contributed by atoms with Crippen molar-refractivity contribution in [2.45, 2.75) is 26.0 Å². The number of alkyl halides is 3. The van der Waals surface area contributed by atoms with Crippen LogP contribution in [0, 0.1) is 5.41 Å². The van der Waals surface area contributed by atoms with E-state index in [-0.39, 0.29) is 5.75 Å². The van der Waals surface area contributed by atoms with Crippen LogP contribution in [0.15, 0.2) is 42.5 Å². The van der Waals surface area contributed by atoms with Crippen LogP contribution >= 0.6 is 11.3 Å². The van der Waals surface area contributed by atoms with Crippen LogP contribution in [0.3, 0.4) is 0 Å². The molecule has 0 atom stereocenters. The lowest BCUT2D eigenvalue weighted by atomic mass is 10.1. The van der Waals surface area contributed by atoms with Gasteiger partial charge in [-0.1, -0.05) is 41.7 Å². The molecule has 2 heterocycles. The van der Waals surface area contributed by atoms with Crippen LogP contribution in [0.4, 0.5) is 13.2 Å². The molecule has 0 saturated carbocycles. The van der Waals surface area contributed by atoms with E-state index in [0.29, 0.717) is 29.1 Å². The standard InChI is InChI=1S/C18H16F3N3OS/c19-18(20,21)25-14-8-13-11-23(10-12-4-2-1-3-5-12)6-7-24-16(13)15(9-14)26-17(24)22/h1-5,8-9,22H,6-7,10-11H2. The minimum Gasteiger partial charge on any atom is -0.406 e. The van der Waals surface area contributed by atoms with E-state index in [9.17, 15) is 13.2 Å². The Kier molecular flexibility index (Phi) is 4.24. The fourth-order valence-electron chi connectivity index (χ4n) is 3.35. The zero-order valence-electron chi connectivity index (χ0n) is 13.7. The van der Waals surface area contributed by atoms with Crippen LogP contribution in [0.1, 0.15) is 11.1 Å². The van der Waals surface area contributed by atoms with Crippen molar-refractivity contribution in [2.75, 3.05) is 6.54 Å². The largest absolute Gasteiger partial charge is 0.573 e. The van der Waals surface area contributed by atoms with Gasteiger partial charge in [-0.25, -0.2) is 0 Å². The van der Waals surface area contributed by atoms with Gasteiger partial charge in [0.1, 0.15) is 5.75 Å². The lowest BCUT2D eigenvalue weighted by Gasteiger charge is -2.20. The molecule has 4 nitrogen and oxygen atoms in total. The number of nitrogens with zero attached hydrogens (tertiary/aromatic N) is 2. The molecule has 0 fully saturated rings. The summed E-state index contributed by atoms with van der Waals surface area (Å²) in [6, 6.07) is 12.8. The predicted octanol–water partition coefficient (Wildman–Crippen LogP) is 4.10. The molecule has 1 N–H and O–H groups in total. The number of nitrogens with one attached hydrogen (secondary N) is 1. The van der Waals surface area contributed by atoms with Crippen molar-refractivity contribution in [1.82, 2.24) is 9.47 Å². The van der Waals surface area contributed by atoms with E-state index >= 15 is 0 Å². The van der Waals surface area contributed by atoms with Gasteiger partial charge in [0.2, 0.25) is 0 Å². The maximum absolute atomic E-state index is 12.6. The summed E-state index contributed by atoms with van der Waals surface area (Å²) in [6.07, 6.45) is -4.73. The second-order valence-corrected chi connectivity index (χ2v) is 7.26. The maximum Gasteiger partial charge on any atom is 0.573 e. The first-order valence-electron chi connectivity index (χ1n) is 8.12. The molecule has 0 bridgehead atoms. The monoisotopic (exact) mass is 379 g/mol. The molecule has 0 amide bonds. The second kappa shape index (κ2) is 6.44. The third kappa shape index (κ3) is 3.47. The number of rotatable bonds is 3. The Morgan fingerprint density at radius 1 is 1.12 bits per heavy atom. The summed E-state index contributed by atoms with van der Waals surface area (Å²) in [5, 5.41) is 8.16. The number of benzene rings is 2. The number of halogens is 3. The summed E-state index contributed by atoms with van der Waals surface area (Å²) in [7, 11) is 0. The number of hydrogen-bond donors (Lipinski definition) is 1. The molecular formula is C18H16F3N3OS. The Bertz CT molecular complexity index is 995. The lowest BCUT2D eigenvalue weighted by Crippen LogP contribution is -2.26. The smallest absolute Gasteiger partial charge is 0.406 e. The van der Waals surface area contributed by atoms with E-state index < -0.39 is 6.36 Å². The minimum absolute atomic E-state index is 0.227. The molecule has 4 rings (SSSR count). The Morgan fingerprint density at radius 2 is 1.88 bits per heavy atom. The minimum atomic E-state index is -4.73. The summed E-state index contributed by atoms with van der Waals surface area (Å²) in [5.74, 6) is -0.227. The van der Waals surface area contributed by atoms with Crippen molar-refractivity contribution in [3.05, 3.63) is 58.4 Å². The van der Waals surface area contributed by atoms with Crippen molar-refractivity contribution in [3.63, 3.8) is 0 Å². The number of ether oxygens (including phenoxy) is 1. The molecule has 1 aromatic heterocycles. The highest BCUT2D eigenvalue weighted by atomic mass is 32.1. The van der Waals surface area contributed by atoms with Gasteiger partial charge in [0.25, 0.3) is 0 Å². The second-order valence-electron chi connectivity index (χ2n) is 6.23. The van der Waals surface area contributed by atoms with E-state index in [1.807, 2.05) is 34.9 Å². The molecule has 1 aliphatic rings. The van der Waals surface area contributed by atoms with Crippen molar-refractivity contribution in [1.29, 1.82) is 5.41 Å². The van der Waals surface area contributed by atoms with Crippen LogP contribution in [0.5, 0.6) is 5.75 Å². The van der Waals surface area contributed by atoms with E-state index in [2.05, 4.69) is 9.64 Å². The third-order valence-electron chi connectivity index (χ3n) is 4.37. The van der Waals surface area contributed by atoms with Gasteiger partial charge in [-0.05, 0) is 23.3 Å². The summed E-state index contributed by atoms with van der Waals surface area (Å²) in [6.45, 7) is 2.57. The Hall–Kier alpha value is -2.32. The summed E-state index contributed by atoms with van der Waals surface area (Å²) >= 11 is 1.18. The SMILES string of the molecule is N=c1sc2cc(OC(F)(F)F)cc3c2n1CCN(Cc1ccccc1)C3. The molecule has 1 aliphatic heterocycles. The van der Waals surface area contributed by atoms with E-state index in [1.165, 1.54) is 23.5 Å². The van der Waals surface area contributed by atoms with E-state index in [4.69, 9.17) is 5.41 Å². The first-order valence-corrected chi connectivity index (χ1v) is 8.93. The molecule has 3 aromatic rings. The molecular weight excluding hydrogens is 363 g/mol. The van der Waals surface area contributed by atoms with Crippen LogP contribution in [-0.2, 0) is 19.6 Å². The molecule has 0 unspecified atom stereocenters. The highest BCUT2D eigenvalue weighted by molar-refractivity contribution is 7.16. The molecule has 0 saturated heterocycles. The summed E-state index contributed by atoms with van der Waals surface area (Å²) in [5.41, 5.74) is 2.74. The van der Waals surface area contributed by atoms with Crippen LogP contribution in [0.2, 0.25) is 0 Å². The average Bonchev–Trinajstić information content (AvgIpc) is 2.75. The van der Waals surface area contributed by atoms with Gasteiger partial charge in [-0.3, -0.25) is 10.3 Å². The topological polar surface area (TPSA) is 41.2 Å². The quantitative estimate of drug-likeness (QED) is 0.745. The van der Waals surface area contributed by atoms with Gasteiger partial charge >= 0.3 is 6.36 Å². The van der Waals surface area contributed by atoms with Crippen LogP contribution in [-0.4, -0.2) is 22.4 Å². The zero-order chi connectivity index (χ0) is 18.3. The Balaban J connectivity index is 1.72. The number of aromatic nitrogens is 1. The normalized spacial score (nSPS) is 15.2. The van der Waals surface area contributed by atoms with Crippen LogP contribution < -0.4 is 9.54 Å². The van der Waals surface area contributed by atoms with Gasteiger partial charge < -0.3 is 9.30 Å². The highest BCUT2D eigenvalue weighted by Gasteiger charge is 2.32.